The lowest BCUT2D eigenvalue weighted by Crippen LogP contribution is -2.39. The first-order chi connectivity index (χ1) is 6.66. The van der Waals surface area contributed by atoms with E-state index in [-0.39, 0.29) is 0 Å². The summed E-state index contributed by atoms with van der Waals surface area (Å²) in [5.74, 6) is 0. The Hall–Kier alpha value is -0.0800. The van der Waals surface area contributed by atoms with Gasteiger partial charge in [-0.25, -0.2) is 0 Å². The van der Waals surface area contributed by atoms with E-state index in [1.807, 2.05) is 0 Å². The van der Waals surface area contributed by atoms with Gasteiger partial charge in [0, 0.05) is 18.1 Å². The van der Waals surface area contributed by atoms with E-state index in [2.05, 4.69) is 19.2 Å². The first kappa shape index (κ1) is 10.4. The maximum absolute atomic E-state index is 5.98. The van der Waals surface area contributed by atoms with E-state index in [0.29, 0.717) is 17.5 Å². The van der Waals surface area contributed by atoms with E-state index in [4.69, 9.17) is 5.73 Å². The Kier molecular flexibility index (Phi) is 2.85. The zero-order valence-electron chi connectivity index (χ0n) is 9.55. The lowest BCUT2D eigenvalue weighted by Gasteiger charge is -2.31. The highest BCUT2D eigenvalue weighted by Crippen LogP contribution is 2.54. The van der Waals surface area contributed by atoms with Crippen molar-refractivity contribution in [2.75, 3.05) is 0 Å². The molecule has 14 heavy (non-hydrogen) atoms. The van der Waals surface area contributed by atoms with Crippen LogP contribution < -0.4 is 11.1 Å². The molecule has 2 atom stereocenters. The van der Waals surface area contributed by atoms with Crippen LogP contribution in [0.2, 0.25) is 0 Å². The molecule has 0 aromatic heterocycles. The van der Waals surface area contributed by atoms with E-state index in [1.165, 1.54) is 38.5 Å². The molecule has 2 heteroatoms. The molecule has 82 valence electrons. The maximum Gasteiger partial charge on any atom is 0.0102 e. The van der Waals surface area contributed by atoms with Crippen LogP contribution in [0.1, 0.15) is 52.4 Å². The Morgan fingerprint density at radius 1 is 1.43 bits per heavy atom. The van der Waals surface area contributed by atoms with E-state index >= 15 is 0 Å². The largest absolute Gasteiger partial charge is 0.327 e. The molecule has 0 aromatic carbocycles. The van der Waals surface area contributed by atoms with Crippen molar-refractivity contribution in [3.63, 3.8) is 0 Å². The molecule has 2 aliphatic carbocycles. The van der Waals surface area contributed by atoms with Crippen LogP contribution in [0, 0.1) is 5.41 Å². The van der Waals surface area contributed by atoms with Crippen molar-refractivity contribution in [2.24, 2.45) is 11.1 Å². The summed E-state index contributed by atoms with van der Waals surface area (Å²) < 4.78 is 0. The van der Waals surface area contributed by atoms with Gasteiger partial charge in [-0.3, -0.25) is 0 Å². The molecule has 0 saturated heterocycles. The minimum atomic E-state index is 0.534. The second-order valence-corrected chi connectivity index (χ2v) is 5.42. The highest BCUT2D eigenvalue weighted by atomic mass is 15.0. The third kappa shape index (κ3) is 1.96. The monoisotopic (exact) mass is 196 g/mol. The van der Waals surface area contributed by atoms with Gasteiger partial charge < -0.3 is 11.1 Å². The maximum atomic E-state index is 5.98. The third-order valence-corrected chi connectivity index (χ3v) is 4.37. The van der Waals surface area contributed by atoms with Crippen molar-refractivity contribution in [3.05, 3.63) is 0 Å². The van der Waals surface area contributed by atoms with Crippen LogP contribution in [0.4, 0.5) is 0 Å². The fourth-order valence-electron chi connectivity index (χ4n) is 2.83. The normalized spacial score (nSPS) is 43.9. The van der Waals surface area contributed by atoms with Crippen LogP contribution >= 0.6 is 0 Å². The number of nitrogens with two attached hydrogens (primary N) is 1. The Morgan fingerprint density at radius 2 is 2.00 bits per heavy atom. The standard InChI is InChI=1S/C12H24N2/c1-3-9(2)14-10-4-6-12(7-5-10)8-11(12)13/h9-11,14H,3-8,13H2,1-2H3. The fourth-order valence-corrected chi connectivity index (χ4v) is 2.83. The summed E-state index contributed by atoms with van der Waals surface area (Å²) in [5, 5.41) is 3.71. The molecule has 0 aromatic rings. The molecule has 2 aliphatic rings. The molecular weight excluding hydrogens is 172 g/mol. The van der Waals surface area contributed by atoms with Crippen molar-refractivity contribution in [1.29, 1.82) is 0 Å². The summed E-state index contributed by atoms with van der Waals surface area (Å²) in [7, 11) is 0. The van der Waals surface area contributed by atoms with Crippen molar-refractivity contribution in [2.45, 2.75) is 70.5 Å². The summed E-state index contributed by atoms with van der Waals surface area (Å²) in [6.07, 6.45) is 7.95. The quantitative estimate of drug-likeness (QED) is 0.725. The predicted octanol–water partition coefficient (Wildman–Crippen LogP) is 2.03. The van der Waals surface area contributed by atoms with Gasteiger partial charge in [0.15, 0.2) is 0 Å². The summed E-state index contributed by atoms with van der Waals surface area (Å²) in [6, 6.07) is 1.98. The number of hydrogen-bond acceptors (Lipinski definition) is 2. The van der Waals surface area contributed by atoms with Crippen LogP contribution in [0.3, 0.4) is 0 Å². The van der Waals surface area contributed by atoms with Gasteiger partial charge in [-0.05, 0) is 50.9 Å². The highest BCUT2D eigenvalue weighted by Gasteiger charge is 2.52. The smallest absolute Gasteiger partial charge is 0.0102 e. The molecule has 2 unspecified atom stereocenters. The Labute approximate surface area is 87.6 Å². The predicted molar refractivity (Wildman–Crippen MR) is 60.2 cm³/mol. The highest BCUT2D eigenvalue weighted by molar-refractivity contribution is 5.08. The molecule has 0 aliphatic heterocycles. The average Bonchev–Trinajstić information content (AvgIpc) is 2.81. The van der Waals surface area contributed by atoms with Crippen LogP contribution in [0.5, 0.6) is 0 Å². The lowest BCUT2D eigenvalue weighted by atomic mass is 9.82. The second-order valence-electron chi connectivity index (χ2n) is 5.42. The summed E-state index contributed by atoms with van der Waals surface area (Å²) >= 11 is 0. The van der Waals surface area contributed by atoms with E-state index in [1.54, 1.807) is 0 Å². The van der Waals surface area contributed by atoms with Crippen molar-refractivity contribution >= 4 is 0 Å². The van der Waals surface area contributed by atoms with Crippen LogP contribution in [0.25, 0.3) is 0 Å². The zero-order chi connectivity index (χ0) is 10.2. The molecule has 0 radical (unpaired) electrons. The molecule has 3 N–H and O–H groups in total. The molecule has 0 heterocycles. The SMILES string of the molecule is CCC(C)NC1CCC2(CC1)CC2N. The van der Waals surface area contributed by atoms with Crippen molar-refractivity contribution < 1.29 is 0 Å². The minimum absolute atomic E-state index is 0.534. The van der Waals surface area contributed by atoms with Gasteiger partial charge in [-0.15, -0.1) is 0 Å². The minimum Gasteiger partial charge on any atom is -0.327 e. The lowest BCUT2D eigenvalue weighted by molar-refractivity contribution is 0.254. The Morgan fingerprint density at radius 3 is 2.43 bits per heavy atom. The number of hydrogen-bond donors (Lipinski definition) is 2. The van der Waals surface area contributed by atoms with Crippen molar-refractivity contribution in [3.8, 4) is 0 Å². The van der Waals surface area contributed by atoms with E-state index in [9.17, 15) is 0 Å². The summed E-state index contributed by atoms with van der Waals surface area (Å²) in [4.78, 5) is 0. The molecule has 2 saturated carbocycles. The first-order valence-corrected chi connectivity index (χ1v) is 6.18. The van der Waals surface area contributed by atoms with Crippen LogP contribution in [-0.4, -0.2) is 18.1 Å². The molecule has 2 nitrogen and oxygen atoms in total. The summed E-state index contributed by atoms with van der Waals surface area (Å²) in [5.41, 5.74) is 6.58. The fraction of sp³-hybridized carbons (Fsp3) is 1.00. The van der Waals surface area contributed by atoms with Crippen LogP contribution in [-0.2, 0) is 0 Å². The molecule has 0 amide bonds. The van der Waals surface area contributed by atoms with E-state index < -0.39 is 0 Å². The zero-order valence-corrected chi connectivity index (χ0v) is 9.55. The first-order valence-electron chi connectivity index (χ1n) is 6.18. The van der Waals surface area contributed by atoms with Gasteiger partial charge >= 0.3 is 0 Å². The van der Waals surface area contributed by atoms with Gasteiger partial charge in [-0.2, -0.15) is 0 Å². The third-order valence-electron chi connectivity index (χ3n) is 4.37. The molecule has 1 spiro atoms. The number of nitrogens with one attached hydrogen (secondary N) is 1. The van der Waals surface area contributed by atoms with E-state index in [0.717, 1.165) is 6.04 Å². The van der Waals surface area contributed by atoms with Gasteiger partial charge in [-0.1, -0.05) is 6.92 Å². The van der Waals surface area contributed by atoms with Gasteiger partial charge in [0.1, 0.15) is 0 Å². The van der Waals surface area contributed by atoms with Crippen molar-refractivity contribution in [1.82, 2.24) is 5.32 Å². The number of rotatable bonds is 3. The molecule has 2 rings (SSSR count). The molecule has 2 fully saturated rings. The van der Waals surface area contributed by atoms with Crippen LogP contribution in [0.15, 0.2) is 0 Å². The summed E-state index contributed by atoms with van der Waals surface area (Å²) in [6.45, 7) is 4.53. The van der Waals surface area contributed by atoms with Gasteiger partial charge in [0.2, 0.25) is 0 Å². The molecular formula is C12H24N2. The Balaban J connectivity index is 1.74. The Bertz CT molecular complexity index is 194. The average molecular weight is 196 g/mol. The van der Waals surface area contributed by atoms with Gasteiger partial charge in [0.05, 0.1) is 0 Å². The second kappa shape index (κ2) is 3.82. The van der Waals surface area contributed by atoms with Gasteiger partial charge in [0.25, 0.3) is 0 Å². The molecule has 0 bridgehead atoms. The topological polar surface area (TPSA) is 38.0 Å².